The first-order valence-electron chi connectivity index (χ1n) is 7.90. The summed E-state index contributed by atoms with van der Waals surface area (Å²) in [4.78, 5) is 0. The molecule has 3 rings (SSSR count). The topological polar surface area (TPSA) is 39.7 Å². The Morgan fingerprint density at radius 1 is 1.18 bits per heavy atom. The third-order valence-electron chi connectivity index (χ3n) is 4.89. The maximum absolute atomic E-state index is 13.9. The summed E-state index contributed by atoms with van der Waals surface area (Å²) in [6.45, 7) is 4.07. The quantitative estimate of drug-likeness (QED) is 0.928. The van der Waals surface area contributed by atoms with E-state index in [1.165, 1.54) is 6.07 Å². The molecule has 1 heterocycles. The number of methoxy groups -OCH3 is 1. The zero-order valence-electron chi connectivity index (χ0n) is 13.3. The molecule has 0 amide bonds. The van der Waals surface area contributed by atoms with Gasteiger partial charge in [-0.25, -0.2) is 4.39 Å². The number of rotatable bonds is 4. The lowest BCUT2D eigenvalue weighted by atomic mass is 9.80. The second-order valence-electron chi connectivity index (χ2n) is 6.48. The minimum atomic E-state index is -0.359. The molecule has 1 N–H and O–H groups in total. The van der Waals surface area contributed by atoms with Gasteiger partial charge in [0.1, 0.15) is 11.6 Å². The maximum atomic E-state index is 13.9. The molecule has 2 fully saturated rings. The summed E-state index contributed by atoms with van der Waals surface area (Å²) in [6, 6.07) is 4.84. The predicted octanol–water partition coefficient (Wildman–Crippen LogP) is 3.00. The van der Waals surface area contributed by atoms with Crippen molar-refractivity contribution in [3.63, 3.8) is 0 Å². The zero-order chi connectivity index (χ0) is 15.6. The van der Waals surface area contributed by atoms with Crippen molar-refractivity contribution in [3.8, 4) is 5.75 Å². The maximum Gasteiger partial charge on any atom is 0.168 e. The number of hydrogen-bond donors (Lipinski definition) is 1. The minimum Gasteiger partial charge on any atom is -0.497 e. The highest BCUT2D eigenvalue weighted by Crippen LogP contribution is 2.40. The predicted molar refractivity (Wildman–Crippen MR) is 81.3 cm³/mol. The van der Waals surface area contributed by atoms with Gasteiger partial charge in [0.2, 0.25) is 0 Å². The van der Waals surface area contributed by atoms with Crippen LogP contribution < -0.4 is 10.1 Å². The van der Waals surface area contributed by atoms with E-state index < -0.39 is 0 Å². The average molecular weight is 309 g/mol. The molecule has 4 nitrogen and oxygen atoms in total. The van der Waals surface area contributed by atoms with Crippen molar-refractivity contribution < 1.29 is 18.6 Å². The molecule has 122 valence electrons. The third kappa shape index (κ3) is 3.26. The van der Waals surface area contributed by atoms with E-state index in [2.05, 4.69) is 12.2 Å². The fraction of sp³-hybridized carbons (Fsp3) is 0.647. The van der Waals surface area contributed by atoms with E-state index in [1.807, 2.05) is 0 Å². The molecule has 0 bridgehead atoms. The van der Waals surface area contributed by atoms with Crippen LogP contribution in [0.4, 0.5) is 4.39 Å². The van der Waals surface area contributed by atoms with Crippen molar-refractivity contribution in [2.75, 3.05) is 20.3 Å². The van der Waals surface area contributed by atoms with Gasteiger partial charge in [0.25, 0.3) is 0 Å². The molecule has 1 saturated heterocycles. The van der Waals surface area contributed by atoms with Crippen molar-refractivity contribution in [2.45, 2.75) is 50.5 Å². The zero-order valence-corrected chi connectivity index (χ0v) is 13.3. The standard InChI is InChI=1S/C17H24FNO3/c1-16(5-7-17(8-6-16)21-9-10-22-17)19-12-13-11-14(20-2)3-4-15(13)18/h3-4,11,19H,5-10,12H2,1-2H3. The molecular formula is C17H24FNO3. The van der Waals surface area contributed by atoms with Gasteiger partial charge in [-0.15, -0.1) is 0 Å². The van der Waals surface area contributed by atoms with Gasteiger partial charge in [-0.05, 0) is 38.0 Å². The Balaban J connectivity index is 1.59. The second-order valence-corrected chi connectivity index (χ2v) is 6.48. The molecule has 0 unspecified atom stereocenters. The molecule has 1 spiro atoms. The van der Waals surface area contributed by atoms with Crippen molar-refractivity contribution in [3.05, 3.63) is 29.6 Å². The van der Waals surface area contributed by atoms with E-state index >= 15 is 0 Å². The van der Waals surface area contributed by atoms with Gasteiger partial charge < -0.3 is 19.5 Å². The van der Waals surface area contributed by atoms with Crippen molar-refractivity contribution in [1.29, 1.82) is 0 Å². The van der Waals surface area contributed by atoms with Gasteiger partial charge in [-0.2, -0.15) is 0 Å². The van der Waals surface area contributed by atoms with E-state index in [1.54, 1.807) is 19.2 Å². The molecule has 1 aromatic carbocycles. The molecule has 1 aromatic rings. The number of halogens is 1. The summed E-state index contributed by atoms with van der Waals surface area (Å²) < 4.78 is 30.6. The number of ether oxygens (including phenoxy) is 3. The molecule has 2 aliphatic rings. The third-order valence-corrected chi connectivity index (χ3v) is 4.89. The van der Waals surface area contributed by atoms with Crippen LogP contribution in [0.25, 0.3) is 0 Å². The summed E-state index contributed by atoms with van der Waals surface area (Å²) in [6.07, 6.45) is 3.69. The van der Waals surface area contributed by atoms with Gasteiger partial charge in [-0.3, -0.25) is 0 Å². The summed E-state index contributed by atoms with van der Waals surface area (Å²) >= 11 is 0. The van der Waals surface area contributed by atoms with Crippen LogP contribution in [-0.2, 0) is 16.0 Å². The smallest absolute Gasteiger partial charge is 0.168 e. The molecule has 1 saturated carbocycles. The van der Waals surface area contributed by atoms with Crippen LogP contribution in [0.2, 0.25) is 0 Å². The Morgan fingerprint density at radius 3 is 2.50 bits per heavy atom. The first kappa shape index (κ1) is 15.7. The molecule has 0 atom stereocenters. The van der Waals surface area contributed by atoms with Crippen molar-refractivity contribution in [1.82, 2.24) is 5.32 Å². The van der Waals surface area contributed by atoms with Crippen LogP contribution >= 0.6 is 0 Å². The molecule has 22 heavy (non-hydrogen) atoms. The SMILES string of the molecule is COc1ccc(F)c(CNC2(C)CCC3(CC2)OCCO3)c1. The highest BCUT2D eigenvalue weighted by Gasteiger charge is 2.44. The summed E-state index contributed by atoms with van der Waals surface area (Å²) in [5.41, 5.74) is 0.616. The second kappa shape index (κ2) is 6.14. The van der Waals surface area contributed by atoms with E-state index in [0.717, 1.165) is 25.7 Å². The lowest BCUT2D eigenvalue weighted by Crippen LogP contribution is -2.49. The van der Waals surface area contributed by atoms with Crippen LogP contribution in [0, 0.1) is 5.82 Å². The lowest BCUT2D eigenvalue weighted by Gasteiger charge is -2.42. The van der Waals surface area contributed by atoms with Gasteiger partial charge in [0.15, 0.2) is 5.79 Å². The average Bonchev–Trinajstić information content (AvgIpc) is 2.99. The normalized spacial score (nSPS) is 22.9. The van der Waals surface area contributed by atoms with Crippen LogP contribution in [0.15, 0.2) is 18.2 Å². The van der Waals surface area contributed by atoms with E-state index in [0.29, 0.717) is 31.1 Å². The van der Waals surface area contributed by atoms with Gasteiger partial charge in [0, 0.05) is 30.5 Å². The van der Waals surface area contributed by atoms with Crippen LogP contribution in [0.3, 0.4) is 0 Å². The van der Waals surface area contributed by atoms with Crippen LogP contribution in [0.5, 0.6) is 5.75 Å². The van der Waals surface area contributed by atoms with Crippen LogP contribution in [-0.4, -0.2) is 31.6 Å². The fourth-order valence-corrected chi connectivity index (χ4v) is 3.27. The Kier molecular flexibility index (Phi) is 4.39. The monoisotopic (exact) mass is 309 g/mol. The number of nitrogens with one attached hydrogen (secondary N) is 1. The van der Waals surface area contributed by atoms with Gasteiger partial charge in [-0.1, -0.05) is 0 Å². The van der Waals surface area contributed by atoms with Crippen LogP contribution in [0.1, 0.15) is 38.2 Å². The summed E-state index contributed by atoms with van der Waals surface area (Å²) in [5.74, 6) is 0.118. The Hall–Kier alpha value is -1.17. The Labute approximate surface area is 130 Å². The van der Waals surface area contributed by atoms with Crippen molar-refractivity contribution >= 4 is 0 Å². The number of hydrogen-bond acceptors (Lipinski definition) is 4. The van der Waals surface area contributed by atoms with Gasteiger partial charge >= 0.3 is 0 Å². The highest BCUT2D eigenvalue weighted by molar-refractivity contribution is 5.29. The molecule has 1 aliphatic carbocycles. The molecule has 1 aliphatic heterocycles. The molecule has 0 radical (unpaired) electrons. The highest BCUT2D eigenvalue weighted by atomic mass is 19.1. The Morgan fingerprint density at radius 2 is 1.86 bits per heavy atom. The summed E-state index contributed by atoms with van der Waals surface area (Å²) in [7, 11) is 1.59. The lowest BCUT2D eigenvalue weighted by molar-refractivity contribution is -0.185. The molecular weight excluding hydrogens is 285 g/mol. The van der Waals surface area contributed by atoms with E-state index in [9.17, 15) is 4.39 Å². The van der Waals surface area contributed by atoms with Gasteiger partial charge in [0.05, 0.1) is 20.3 Å². The fourth-order valence-electron chi connectivity index (χ4n) is 3.27. The minimum absolute atomic E-state index is 0.0178. The van der Waals surface area contributed by atoms with E-state index in [-0.39, 0.29) is 17.1 Å². The molecule has 5 heteroatoms. The number of benzene rings is 1. The first-order chi connectivity index (χ1) is 10.5. The molecule has 0 aromatic heterocycles. The first-order valence-corrected chi connectivity index (χ1v) is 7.90. The summed E-state index contributed by atoms with van der Waals surface area (Å²) in [5, 5.41) is 3.51. The Bertz CT molecular complexity index is 519. The van der Waals surface area contributed by atoms with Crippen molar-refractivity contribution in [2.24, 2.45) is 0 Å². The van der Waals surface area contributed by atoms with E-state index in [4.69, 9.17) is 14.2 Å². The largest absolute Gasteiger partial charge is 0.497 e.